The van der Waals surface area contributed by atoms with Crippen molar-refractivity contribution in [1.82, 2.24) is 19.1 Å². The molecular formula is C22H26N4O2S. The molecule has 1 unspecified atom stereocenters. The highest BCUT2D eigenvalue weighted by molar-refractivity contribution is 7.89. The monoisotopic (exact) mass is 410 g/mol. The van der Waals surface area contributed by atoms with E-state index in [1.807, 2.05) is 47.0 Å². The molecule has 4 rings (SSSR count). The van der Waals surface area contributed by atoms with Crippen LogP contribution in [0, 0.1) is 0 Å². The van der Waals surface area contributed by atoms with Gasteiger partial charge in [0.25, 0.3) is 0 Å². The maximum Gasteiger partial charge on any atom is 0.243 e. The van der Waals surface area contributed by atoms with Crippen LogP contribution in [0.1, 0.15) is 44.5 Å². The third-order valence-corrected chi connectivity index (χ3v) is 7.38. The molecular weight excluding hydrogens is 384 g/mol. The molecule has 29 heavy (non-hydrogen) atoms. The van der Waals surface area contributed by atoms with Crippen molar-refractivity contribution in [3.8, 4) is 11.1 Å². The normalized spacial score (nSPS) is 18.2. The maximum absolute atomic E-state index is 13.3. The second-order valence-corrected chi connectivity index (χ2v) is 9.72. The molecule has 0 radical (unpaired) electrons. The van der Waals surface area contributed by atoms with E-state index in [1.54, 1.807) is 22.8 Å². The number of nitrogens with zero attached hydrogens (tertiary/aromatic N) is 4. The first-order chi connectivity index (χ1) is 14.0. The summed E-state index contributed by atoms with van der Waals surface area (Å²) in [5.74, 6) is 0.936. The van der Waals surface area contributed by atoms with Crippen LogP contribution in [0.4, 0.5) is 0 Å². The minimum absolute atomic E-state index is 0.0621. The molecule has 0 aliphatic carbocycles. The summed E-state index contributed by atoms with van der Waals surface area (Å²) in [5, 5.41) is 8.33. The van der Waals surface area contributed by atoms with Gasteiger partial charge in [-0.25, -0.2) is 8.42 Å². The van der Waals surface area contributed by atoms with E-state index in [-0.39, 0.29) is 12.0 Å². The van der Waals surface area contributed by atoms with Crippen LogP contribution in [0.3, 0.4) is 0 Å². The van der Waals surface area contributed by atoms with Gasteiger partial charge in [0.05, 0.1) is 4.90 Å². The van der Waals surface area contributed by atoms with Crippen molar-refractivity contribution >= 4 is 10.0 Å². The Morgan fingerprint density at radius 1 is 1.00 bits per heavy atom. The zero-order valence-electron chi connectivity index (χ0n) is 16.8. The molecule has 152 valence electrons. The van der Waals surface area contributed by atoms with Gasteiger partial charge in [0.2, 0.25) is 10.0 Å². The van der Waals surface area contributed by atoms with Crippen molar-refractivity contribution in [2.24, 2.45) is 0 Å². The molecule has 0 saturated carbocycles. The van der Waals surface area contributed by atoms with Gasteiger partial charge in [-0.15, -0.1) is 10.2 Å². The van der Waals surface area contributed by atoms with Gasteiger partial charge in [0.1, 0.15) is 12.2 Å². The molecule has 1 aliphatic heterocycles. The number of hydrogen-bond donors (Lipinski definition) is 0. The molecule has 1 fully saturated rings. The van der Waals surface area contributed by atoms with E-state index in [2.05, 4.69) is 24.0 Å². The van der Waals surface area contributed by atoms with E-state index in [9.17, 15) is 8.42 Å². The van der Waals surface area contributed by atoms with Crippen LogP contribution < -0.4 is 0 Å². The molecule has 1 aromatic heterocycles. The van der Waals surface area contributed by atoms with Crippen LogP contribution in [0.15, 0.2) is 65.8 Å². The topological polar surface area (TPSA) is 68.1 Å². The fourth-order valence-electron chi connectivity index (χ4n) is 3.91. The van der Waals surface area contributed by atoms with Crippen molar-refractivity contribution in [2.75, 3.05) is 13.1 Å². The Balaban J connectivity index is 1.56. The second kappa shape index (κ2) is 8.08. The summed E-state index contributed by atoms with van der Waals surface area (Å²) >= 11 is 0. The molecule has 0 N–H and O–H groups in total. The molecule has 0 amide bonds. The van der Waals surface area contributed by atoms with Crippen LogP contribution in [-0.4, -0.2) is 40.6 Å². The number of hydrogen-bond acceptors (Lipinski definition) is 4. The van der Waals surface area contributed by atoms with Gasteiger partial charge in [0.15, 0.2) is 0 Å². The molecule has 0 spiro atoms. The summed E-state index contributed by atoms with van der Waals surface area (Å²) in [6.07, 6.45) is 3.47. The van der Waals surface area contributed by atoms with Crippen molar-refractivity contribution in [2.45, 2.75) is 43.5 Å². The molecule has 2 aromatic carbocycles. The Bertz CT molecular complexity index is 1060. The van der Waals surface area contributed by atoms with Gasteiger partial charge in [-0.1, -0.05) is 42.5 Å². The summed E-state index contributed by atoms with van der Waals surface area (Å²) in [7, 11) is -3.54. The van der Waals surface area contributed by atoms with Gasteiger partial charge in [-0.05, 0) is 49.9 Å². The predicted molar refractivity (Wildman–Crippen MR) is 113 cm³/mol. The number of sulfonamides is 1. The first-order valence-corrected chi connectivity index (χ1v) is 11.5. The van der Waals surface area contributed by atoms with E-state index in [0.717, 1.165) is 29.8 Å². The van der Waals surface area contributed by atoms with Crippen molar-refractivity contribution < 1.29 is 8.42 Å². The van der Waals surface area contributed by atoms with E-state index in [1.165, 1.54) is 0 Å². The summed E-state index contributed by atoms with van der Waals surface area (Å²) < 4.78 is 30.1. The lowest BCUT2D eigenvalue weighted by atomic mass is 9.98. The van der Waals surface area contributed by atoms with Gasteiger partial charge >= 0.3 is 0 Å². The summed E-state index contributed by atoms with van der Waals surface area (Å²) in [4.78, 5) is 0.336. The van der Waals surface area contributed by atoms with Crippen molar-refractivity contribution in [1.29, 1.82) is 0 Å². The lowest BCUT2D eigenvalue weighted by Crippen LogP contribution is -2.39. The highest BCUT2D eigenvalue weighted by atomic mass is 32.2. The second-order valence-electron chi connectivity index (χ2n) is 7.78. The van der Waals surface area contributed by atoms with E-state index < -0.39 is 10.0 Å². The maximum atomic E-state index is 13.3. The van der Waals surface area contributed by atoms with Gasteiger partial charge in [0, 0.05) is 25.0 Å². The quantitative estimate of drug-likeness (QED) is 0.635. The average molecular weight is 411 g/mol. The van der Waals surface area contributed by atoms with Crippen LogP contribution in [0.2, 0.25) is 0 Å². The molecule has 3 aromatic rings. The third-order valence-electron chi connectivity index (χ3n) is 5.51. The Labute approximate surface area is 172 Å². The van der Waals surface area contributed by atoms with E-state index >= 15 is 0 Å². The molecule has 6 nitrogen and oxygen atoms in total. The molecule has 2 heterocycles. The van der Waals surface area contributed by atoms with Crippen LogP contribution in [0.5, 0.6) is 0 Å². The standard InChI is InChI=1S/C22H26N4O2S/c1-17(2)26-16-23-24-22(26)20-9-6-14-25(15-20)29(27,28)21-12-10-19(11-13-21)18-7-4-3-5-8-18/h3-5,7-8,10-13,16-17,20H,6,9,14-15H2,1-2H3. The zero-order chi connectivity index (χ0) is 20.4. The third kappa shape index (κ3) is 3.97. The molecule has 1 atom stereocenters. The Morgan fingerprint density at radius 2 is 1.69 bits per heavy atom. The minimum Gasteiger partial charge on any atom is -0.315 e. The highest BCUT2D eigenvalue weighted by Gasteiger charge is 2.33. The summed E-state index contributed by atoms with van der Waals surface area (Å²) in [6, 6.07) is 17.4. The Kier molecular flexibility index (Phi) is 5.52. The number of aromatic nitrogens is 3. The number of piperidine rings is 1. The van der Waals surface area contributed by atoms with Crippen LogP contribution >= 0.6 is 0 Å². The SMILES string of the molecule is CC(C)n1cnnc1C1CCCN(S(=O)(=O)c2ccc(-c3ccccc3)cc2)C1. The Morgan fingerprint density at radius 3 is 2.38 bits per heavy atom. The summed E-state index contributed by atoms with van der Waals surface area (Å²) in [6.45, 7) is 5.14. The number of benzene rings is 2. The fraction of sp³-hybridized carbons (Fsp3) is 0.364. The van der Waals surface area contributed by atoms with Crippen molar-refractivity contribution in [3.63, 3.8) is 0 Å². The van der Waals surface area contributed by atoms with Gasteiger partial charge < -0.3 is 4.57 Å². The highest BCUT2D eigenvalue weighted by Crippen LogP contribution is 2.31. The van der Waals surface area contributed by atoms with E-state index in [0.29, 0.717) is 18.0 Å². The predicted octanol–water partition coefficient (Wildman–Crippen LogP) is 4.09. The Hall–Kier alpha value is -2.51. The molecule has 0 bridgehead atoms. The lowest BCUT2D eigenvalue weighted by molar-refractivity contribution is 0.302. The fourth-order valence-corrected chi connectivity index (χ4v) is 5.44. The van der Waals surface area contributed by atoms with Crippen LogP contribution in [-0.2, 0) is 10.0 Å². The van der Waals surface area contributed by atoms with Gasteiger partial charge in [-0.2, -0.15) is 4.31 Å². The largest absolute Gasteiger partial charge is 0.315 e. The average Bonchev–Trinajstić information content (AvgIpc) is 3.25. The zero-order valence-corrected chi connectivity index (χ0v) is 17.6. The van der Waals surface area contributed by atoms with Crippen LogP contribution in [0.25, 0.3) is 11.1 Å². The first kappa shape index (κ1) is 19.8. The lowest BCUT2D eigenvalue weighted by Gasteiger charge is -2.32. The van der Waals surface area contributed by atoms with Gasteiger partial charge in [-0.3, -0.25) is 0 Å². The molecule has 7 heteroatoms. The van der Waals surface area contributed by atoms with E-state index in [4.69, 9.17) is 0 Å². The molecule has 1 aliphatic rings. The molecule has 1 saturated heterocycles. The summed E-state index contributed by atoms with van der Waals surface area (Å²) in [5.41, 5.74) is 2.08. The first-order valence-electron chi connectivity index (χ1n) is 10.0. The number of rotatable bonds is 5. The minimum atomic E-state index is -3.54. The van der Waals surface area contributed by atoms with Crippen molar-refractivity contribution in [3.05, 3.63) is 66.7 Å². The smallest absolute Gasteiger partial charge is 0.243 e.